The first kappa shape index (κ1) is 17.6. The number of hydrogen-bond acceptors (Lipinski definition) is 4. The molecule has 4 nitrogen and oxygen atoms in total. The van der Waals surface area contributed by atoms with Gasteiger partial charge in [0.1, 0.15) is 5.75 Å². The Hall–Kier alpha value is -2.75. The summed E-state index contributed by atoms with van der Waals surface area (Å²) in [5.41, 5.74) is 0.458. The average molecular weight is 326 g/mol. The highest BCUT2D eigenvalue weighted by molar-refractivity contribution is 5.91. The van der Waals surface area contributed by atoms with Crippen molar-refractivity contribution in [2.45, 2.75) is 19.3 Å². The lowest BCUT2D eigenvalue weighted by Crippen LogP contribution is -2.09. The van der Waals surface area contributed by atoms with Crippen LogP contribution >= 0.6 is 0 Å². The second kappa shape index (κ2) is 9.40. The Morgan fingerprint density at radius 2 is 1.75 bits per heavy atom. The monoisotopic (exact) mass is 326 g/mol. The standard InChI is InChI=1S/C20H22O4/c1-3-4-5-8-15-23-17-13-11-16(12-14-17)20(21)24-19-10-7-6-9-18(19)22-2/h3,6-7,9-14H,1,4-5,8,15H2,2H3. The summed E-state index contributed by atoms with van der Waals surface area (Å²) in [5.74, 6) is 1.22. The first-order valence-corrected chi connectivity index (χ1v) is 7.93. The van der Waals surface area contributed by atoms with Crippen molar-refractivity contribution in [3.8, 4) is 17.2 Å². The maximum Gasteiger partial charge on any atom is 0.343 e. The molecule has 0 N–H and O–H groups in total. The van der Waals surface area contributed by atoms with E-state index in [4.69, 9.17) is 14.2 Å². The molecule has 2 aromatic rings. The smallest absolute Gasteiger partial charge is 0.343 e. The van der Waals surface area contributed by atoms with Crippen molar-refractivity contribution in [3.05, 3.63) is 66.7 Å². The Balaban J connectivity index is 1.90. The third kappa shape index (κ3) is 5.16. The molecule has 4 heteroatoms. The number of rotatable bonds is 9. The van der Waals surface area contributed by atoms with E-state index in [1.165, 1.54) is 7.11 Å². The fourth-order valence-electron chi connectivity index (χ4n) is 2.13. The van der Waals surface area contributed by atoms with Crippen molar-refractivity contribution in [2.24, 2.45) is 0 Å². The number of methoxy groups -OCH3 is 1. The maximum absolute atomic E-state index is 12.2. The van der Waals surface area contributed by atoms with Crippen molar-refractivity contribution >= 4 is 5.97 Å². The zero-order valence-electron chi connectivity index (χ0n) is 13.9. The summed E-state index contributed by atoms with van der Waals surface area (Å²) in [7, 11) is 1.54. The van der Waals surface area contributed by atoms with Gasteiger partial charge in [0.2, 0.25) is 0 Å². The summed E-state index contributed by atoms with van der Waals surface area (Å²) in [4.78, 5) is 12.2. The van der Waals surface area contributed by atoms with Gasteiger partial charge in [0.25, 0.3) is 0 Å². The van der Waals surface area contributed by atoms with Gasteiger partial charge in [0.05, 0.1) is 19.3 Å². The zero-order chi connectivity index (χ0) is 17.2. The molecule has 0 saturated carbocycles. The van der Waals surface area contributed by atoms with E-state index in [2.05, 4.69) is 6.58 Å². The molecule has 0 aliphatic carbocycles. The predicted molar refractivity (Wildman–Crippen MR) is 93.9 cm³/mol. The fourth-order valence-corrected chi connectivity index (χ4v) is 2.13. The van der Waals surface area contributed by atoms with Crippen molar-refractivity contribution < 1.29 is 19.0 Å². The van der Waals surface area contributed by atoms with Gasteiger partial charge >= 0.3 is 5.97 Å². The zero-order valence-corrected chi connectivity index (χ0v) is 13.9. The quantitative estimate of drug-likeness (QED) is 0.291. The second-order valence-electron chi connectivity index (χ2n) is 5.20. The third-order valence-corrected chi connectivity index (χ3v) is 3.43. The van der Waals surface area contributed by atoms with E-state index in [0.717, 1.165) is 25.0 Å². The van der Waals surface area contributed by atoms with Crippen LogP contribution in [0, 0.1) is 0 Å². The minimum absolute atomic E-state index is 0.396. The molecule has 0 bridgehead atoms. The summed E-state index contributed by atoms with van der Waals surface area (Å²) >= 11 is 0. The van der Waals surface area contributed by atoms with Crippen LogP contribution in [0.3, 0.4) is 0 Å². The van der Waals surface area contributed by atoms with Gasteiger partial charge in [0.15, 0.2) is 11.5 Å². The van der Waals surface area contributed by atoms with Gasteiger partial charge < -0.3 is 14.2 Å². The molecule has 0 amide bonds. The van der Waals surface area contributed by atoms with Crippen LogP contribution in [0.4, 0.5) is 0 Å². The Morgan fingerprint density at radius 3 is 2.42 bits per heavy atom. The average Bonchev–Trinajstić information content (AvgIpc) is 2.62. The summed E-state index contributed by atoms with van der Waals surface area (Å²) in [6.45, 7) is 4.34. The number of benzene rings is 2. The molecule has 2 rings (SSSR count). The topological polar surface area (TPSA) is 44.8 Å². The van der Waals surface area contributed by atoms with Crippen LogP contribution in [-0.2, 0) is 0 Å². The summed E-state index contributed by atoms with van der Waals surface area (Å²) in [6.07, 6.45) is 4.94. The molecule has 0 spiro atoms. The largest absolute Gasteiger partial charge is 0.494 e. The molecular formula is C20H22O4. The minimum Gasteiger partial charge on any atom is -0.494 e. The van der Waals surface area contributed by atoms with Crippen molar-refractivity contribution in [3.63, 3.8) is 0 Å². The number of hydrogen-bond donors (Lipinski definition) is 0. The van der Waals surface area contributed by atoms with Gasteiger partial charge in [0, 0.05) is 0 Å². The number of esters is 1. The summed E-state index contributed by atoms with van der Waals surface area (Å²) in [6, 6.07) is 14.0. The summed E-state index contributed by atoms with van der Waals surface area (Å²) in [5, 5.41) is 0. The first-order chi connectivity index (χ1) is 11.7. The number of ether oxygens (including phenoxy) is 3. The molecule has 0 aliphatic heterocycles. The van der Waals surface area contributed by atoms with Crippen molar-refractivity contribution in [2.75, 3.05) is 13.7 Å². The minimum atomic E-state index is -0.433. The molecular weight excluding hydrogens is 304 g/mol. The predicted octanol–water partition coefficient (Wildman–Crippen LogP) is 4.65. The highest BCUT2D eigenvalue weighted by Crippen LogP contribution is 2.26. The molecule has 0 atom stereocenters. The van der Waals surface area contributed by atoms with Gasteiger partial charge in [-0.05, 0) is 55.7 Å². The number of para-hydroxylation sites is 2. The highest BCUT2D eigenvalue weighted by atomic mass is 16.6. The lowest BCUT2D eigenvalue weighted by molar-refractivity contribution is 0.0729. The third-order valence-electron chi connectivity index (χ3n) is 3.43. The molecule has 0 unspecified atom stereocenters. The van der Waals surface area contributed by atoms with Crippen LogP contribution in [0.5, 0.6) is 17.2 Å². The van der Waals surface area contributed by atoms with Gasteiger partial charge in [-0.15, -0.1) is 6.58 Å². The van der Waals surface area contributed by atoms with Crippen LogP contribution in [-0.4, -0.2) is 19.7 Å². The maximum atomic E-state index is 12.2. The first-order valence-electron chi connectivity index (χ1n) is 7.93. The van der Waals surface area contributed by atoms with Gasteiger partial charge in [-0.2, -0.15) is 0 Å². The van der Waals surface area contributed by atoms with Crippen molar-refractivity contribution in [1.29, 1.82) is 0 Å². The lowest BCUT2D eigenvalue weighted by atomic mass is 10.2. The van der Waals surface area contributed by atoms with Crippen LogP contribution in [0.2, 0.25) is 0 Å². The highest BCUT2D eigenvalue weighted by Gasteiger charge is 2.11. The van der Waals surface area contributed by atoms with Crippen LogP contribution in [0.15, 0.2) is 61.2 Å². The normalized spacial score (nSPS) is 10.0. The van der Waals surface area contributed by atoms with Crippen LogP contribution in [0.1, 0.15) is 29.6 Å². The van der Waals surface area contributed by atoms with Crippen molar-refractivity contribution in [1.82, 2.24) is 0 Å². The fraction of sp³-hybridized carbons (Fsp3) is 0.250. The molecule has 0 fully saturated rings. The number of unbranched alkanes of at least 4 members (excludes halogenated alkanes) is 2. The van der Waals surface area contributed by atoms with Gasteiger partial charge in [-0.3, -0.25) is 0 Å². The van der Waals surface area contributed by atoms with E-state index in [9.17, 15) is 4.79 Å². The molecule has 0 heterocycles. The molecule has 0 aliphatic rings. The summed E-state index contributed by atoms with van der Waals surface area (Å²) < 4.78 is 16.2. The molecule has 0 aromatic heterocycles. The van der Waals surface area contributed by atoms with E-state index in [0.29, 0.717) is 23.7 Å². The van der Waals surface area contributed by atoms with E-state index in [-0.39, 0.29) is 0 Å². The van der Waals surface area contributed by atoms with E-state index < -0.39 is 5.97 Å². The molecule has 126 valence electrons. The van der Waals surface area contributed by atoms with Gasteiger partial charge in [-0.25, -0.2) is 4.79 Å². The van der Waals surface area contributed by atoms with Crippen LogP contribution < -0.4 is 14.2 Å². The van der Waals surface area contributed by atoms with E-state index >= 15 is 0 Å². The van der Waals surface area contributed by atoms with E-state index in [1.54, 1.807) is 42.5 Å². The molecule has 0 radical (unpaired) electrons. The number of carbonyl (C=O) groups is 1. The Labute approximate surface area is 142 Å². The lowest BCUT2D eigenvalue weighted by Gasteiger charge is -2.09. The molecule has 0 saturated heterocycles. The number of carbonyl (C=O) groups excluding carboxylic acids is 1. The second-order valence-corrected chi connectivity index (χ2v) is 5.20. The molecule has 2 aromatic carbocycles. The number of allylic oxidation sites excluding steroid dienone is 1. The SMILES string of the molecule is C=CCCCCOc1ccc(C(=O)Oc2ccccc2OC)cc1. The van der Waals surface area contributed by atoms with Gasteiger partial charge in [-0.1, -0.05) is 18.2 Å². The Kier molecular flexibility index (Phi) is 6.90. The van der Waals surface area contributed by atoms with E-state index in [1.807, 2.05) is 12.1 Å². The molecule has 24 heavy (non-hydrogen) atoms. The Morgan fingerprint density at radius 1 is 1.04 bits per heavy atom. The van der Waals surface area contributed by atoms with Crippen LogP contribution in [0.25, 0.3) is 0 Å². The Bertz CT molecular complexity index is 662.